The summed E-state index contributed by atoms with van der Waals surface area (Å²) >= 11 is -4.01. The van der Waals surface area contributed by atoms with E-state index in [1.807, 2.05) is 0 Å². The van der Waals surface area contributed by atoms with E-state index in [-0.39, 0.29) is 0 Å². The summed E-state index contributed by atoms with van der Waals surface area (Å²) in [7, 11) is -0.877. The standard InChI is InChI=1S/C18H15P.IO3/c1-4-10-16(11-5-1)19(17-12-6-2-7-13-17)18-14-8-3-9-15-18;2-1(3)4/h1-15H;/q;-1/p+1. The molecule has 118 valence electrons. The second-order valence-corrected chi connectivity index (χ2v) is 8.22. The lowest BCUT2D eigenvalue weighted by atomic mass is 10.4. The van der Waals surface area contributed by atoms with Gasteiger partial charge in [0.15, 0.2) is 0 Å². The van der Waals surface area contributed by atoms with Gasteiger partial charge in [-0.05, 0) is 36.4 Å². The van der Waals surface area contributed by atoms with E-state index in [9.17, 15) is 0 Å². The van der Waals surface area contributed by atoms with Crippen molar-refractivity contribution in [2.24, 2.45) is 0 Å². The summed E-state index contributed by atoms with van der Waals surface area (Å²) in [5.41, 5.74) is 0. The highest BCUT2D eigenvalue weighted by Gasteiger charge is 2.24. The van der Waals surface area contributed by atoms with Crippen molar-refractivity contribution in [2.45, 2.75) is 0 Å². The molecule has 0 unspecified atom stereocenters. The summed E-state index contributed by atoms with van der Waals surface area (Å²) < 4.78 is 25.7. The van der Waals surface area contributed by atoms with Crippen LogP contribution in [0.1, 0.15) is 0 Å². The minimum atomic E-state index is -4.01. The summed E-state index contributed by atoms with van der Waals surface area (Å²) in [4.78, 5) is 0. The highest BCUT2D eigenvalue weighted by molar-refractivity contribution is 7.79. The van der Waals surface area contributed by atoms with E-state index in [2.05, 4.69) is 91.0 Å². The van der Waals surface area contributed by atoms with Crippen LogP contribution in [0.15, 0.2) is 91.0 Å². The summed E-state index contributed by atoms with van der Waals surface area (Å²) in [6.07, 6.45) is 0. The largest absolute Gasteiger partial charge is 0.427 e. The van der Waals surface area contributed by atoms with Crippen molar-refractivity contribution in [3.8, 4) is 0 Å². The summed E-state index contributed by atoms with van der Waals surface area (Å²) in [5, 5.41) is 4.31. The van der Waals surface area contributed by atoms with Gasteiger partial charge in [-0.25, -0.2) is 0 Å². The monoisotopic (exact) mass is 438 g/mol. The van der Waals surface area contributed by atoms with Gasteiger partial charge in [-0.15, -0.1) is 0 Å². The molecule has 0 heterocycles. The Kier molecular flexibility index (Phi) is 7.65. The van der Waals surface area contributed by atoms with E-state index in [1.165, 1.54) is 15.9 Å². The second-order valence-electron chi connectivity index (χ2n) is 4.66. The maximum atomic E-state index is 8.57. The first-order valence-electron chi connectivity index (χ1n) is 6.94. The van der Waals surface area contributed by atoms with Crippen LogP contribution in [0.5, 0.6) is 0 Å². The fourth-order valence-corrected chi connectivity index (χ4v) is 4.89. The number of halogens is 1. The normalized spacial score (nSPS) is 10.3. The van der Waals surface area contributed by atoms with Crippen molar-refractivity contribution < 1.29 is 31.4 Å². The molecule has 3 nitrogen and oxygen atoms in total. The molecule has 0 aliphatic rings. The molecule has 3 aromatic rings. The quantitative estimate of drug-likeness (QED) is 0.317. The van der Waals surface area contributed by atoms with Crippen molar-refractivity contribution in [1.82, 2.24) is 0 Å². The molecule has 0 aliphatic carbocycles. The van der Waals surface area contributed by atoms with Gasteiger partial charge in [0.1, 0.15) is 15.9 Å². The number of benzene rings is 3. The molecule has 23 heavy (non-hydrogen) atoms. The van der Waals surface area contributed by atoms with Gasteiger partial charge in [0, 0.05) is 0 Å². The van der Waals surface area contributed by atoms with E-state index in [1.54, 1.807) is 0 Å². The van der Waals surface area contributed by atoms with E-state index in [0.717, 1.165) is 0 Å². The fourth-order valence-electron chi connectivity index (χ4n) is 2.31. The SMILES string of the molecule is [O-][I+2]([O-])[O-].c1ccc([PH+](c2ccccc2)c2ccccc2)cc1. The second kappa shape index (κ2) is 9.75. The molecule has 0 saturated carbocycles. The molecular formula is C18H16IO3P. The first kappa shape index (κ1) is 18.0. The zero-order chi connectivity index (χ0) is 16.5. The van der Waals surface area contributed by atoms with Gasteiger partial charge in [-0.1, -0.05) is 54.6 Å². The Balaban J connectivity index is 0.000000433. The highest BCUT2D eigenvalue weighted by Crippen LogP contribution is 2.32. The van der Waals surface area contributed by atoms with Gasteiger partial charge >= 0.3 is 0 Å². The number of hydrogen-bond donors (Lipinski definition) is 0. The van der Waals surface area contributed by atoms with E-state index in [0.29, 0.717) is 0 Å². The molecule has 0 aromatic heterocycles. The maximum Gasteiger partial charge on any atom is 0.282 e. The molecule has 5 heteroatoms. The van der Waals surface area contributed by atoms with Crippen LogP contribution in [0.25, 0.3) is 0 Å². The Morgan fingerprint density at radius 1 is 0.478 bits per heavy atom. The van der Waals surface area contributed by atoms with Gasteiger partial charge in [-0.2, -0.15) is 0 Å². The maximum absolute atomic E-state index is 8.57. The Morgan fingerprint density at radius 3 is 0.913 bits per heavy atom. The van der Waals surface area contributed by atoms with Crippen molar-refractivity contribution in [3.63, 3.8) is 0 Å². The average Bonchev–Trinajstić information content (AvgIpc) is 2.58. The number of hydrogen-bond acceptors (Lipinski definition) is 3. The minimum absolute atomic E-state index is 0.877. The van der Waals surface area contributed by atoms with Crippen molar-refractivity contribution in [1.29, 1.82) is 0 Å². The third kappa shape index (κ3) is 6.01. The molecule has 3 rings (SSSR count). The number of rotatable bonds is 3. The van der Waals surface area contributed by atoms with Crippen molar-refractivity contribution in [2.75, 3.05) is 0 Å². The summed E-state index contributed by atoms with van der Waals surface area (Å²) in [6.45, 7) is 0. The van der Waals surface area contributed by atoms with Gasteiger partial charge in [0.05, 0.1) is 7.92 Å². The molecular weight excluding hydrogens is 422 g/mol. The molecule has 0 saturated heterocycles. The molecule has 0 aliphatic heterocycles. The average molecular weight is 438 g/mol. The van der Waals surface area contributed by atoms with Gasteiger partial charge in [0.2, 0.25) is 0 Å². The lowest BCUT2D eigenvalue weighted by Crippen LogP contribution is -4.05. The first-order valence-corrected chi connectivity index (χ1v) is 11.1. The Hall–Kier alpha value is -1.30. The highest BCUT2D eigenvalue weighted by atomic mass is 127. The third-order valence-corrected chi connectivity index (χ3v) is 5.92. The molecule has 0 N–H and O–H groups in total. The first-order chi connectivity index (χ1) is 11.2. The molecule has 0 spiro atoms. The van der Waals surface area contributed by atoms with Crippen LogP contribution in [0.4, 0.5) is 0 Å². The van der Waals surface area contributed by atoms with Crippen LogP contribution >= 0.6 is 7.92 Å². The predicted octanol–water partition coefficient (Wildman–Crippen LogP) is -3.39. The Labute approximate surface area is 146 Å². The molecule has 0 atom stereocenters. The van der Waals surface area contributed by atoms with Crippen LogP contribution in [-0.2, 0) is 0 Å². The van der Waals surface area contributed by atoms with E-state index in [4.69, 9.17) is 10.3 Å². The minimum Gasteiger partial charge on any atom is -0.427 e. The molecule has 0 amide bonds. The summed E-state index contributed by atoms with van der Waals surface area (Å²) in [5.74, 6) is 0. The van der Waals surface area contributed by atoms with Crippen LogP contribution in [-0.4, -0.2) is 0 Å². The van der Waals surface area contributed by atoms with Crippen LogP contribution in [0, 0.1) is 0 Å². The zero-order valence-electron chi connectivity index (χ0n) is 12.3. The molecule has 0 fully saturated rings. The topological polar surface area (TPSA) is 69.2 Å². The lowest BCUT2D eigenvalue weighted by Gasteiger charge is -2.10. The summed E-state index contributed by atoms with van der Waals surface area (Å²) in [6, 6.07) is 32.5. The van der Waals surface area contributed by atoms with E-state index < -0.39 is 29.0 Å². The van der Waals surface area contributed by atoms with E-state index >= 15 is 0 Å². The molecule has 0 radical (unpaired) electrons. The third-order valence-electron chi connectivity index (χ3n) is 3.19. The van der Waals surface area contributed by atoms with Crippen molar-refractivity contribution in [3.05, 3.63) is 91.0 Å². The smallest absolute Gasteiger partial charge is 0.282 e. The van der Waals surface area contributed by atoms with Gasteiger partial charge < -0.3 is 10.3 Å². The lowest BCUT2D eigenvalue weighted by molar-refractivity contribution is -1.73. The van der Waals surface area contributed by atoms with Crippen LogP contribution < -0.4 is 47.3 Å². The van der Waals surface area contributed by atoms with Gasteiger partial charge in [-0.3, -0.25) is 0 Å². The fraction of sp³-hybridized carbons (Fsp3) is 0. The zero-order valence-corrected chi connectivity index (χ0v) is 15.4. The van der Waals surface area contributed by atoms with Crippen LogP contribution in [0.2, 0.25) is 0 Å². The van der Waals surface area contributed by atoms with Crippen LogP contribution in [0.3, 0.4) is 0 Å². The molecule has 3 aromatic carbocycles. The van der Waals surface area contributed by atoms with Gasteiger partial charge in [0.25, 0.3) is 21.1 Å². The molecule has 0 bridgehead atoms. The Bertz CT molecular complexity index is 582. The van der Waals surface area contributed by atoms with Crippen molar-refractivity contribution >= 4 is 23.8 Å². The Morgan fingerprint density at radius 2 is 0.696 bits per heavy atom. The predicted molar refractivity (Wildman–Crippen MR) is 86.5 cm³/mol.